The van der Waals surface area contributed by atoms with E-state index in [1.807, 2.05) is 13.0 Å². The number of aromatic amines is 1. The van der Waals surface area contributed by atoms with Gasteiger partial charge >= 0.3 is 0 Å². The summed E-state index contributed by atoms with van der Waals surface area (Å²) in [5, 5.41) is 7.30. The van der Waals surface area contributed by atoms with Crippen LogP contribution in [0.4, 0.5) is 10.1 Å². The summed E-state index contributed by atoms with van der Waals surface area (Å²) in [6, 6.07) is 5.13. The molecule has 1 fully saturated rings. The first-order chi connectivity index (χ1) is 10.5. The highest BCUT2D eigenvalue weighted by atomic mass is 79.9. The van der Waals surface area contributed by atoms with Crippen LogP contribution in [-0.2, 0) is 6.54 Å². The molecule has 1 aromatic carbocycles. The van der Waals surface area contributed by atoms with Crippen molar-refractivity contribution in [2.75, 3.05) is 31.1 Å². The van der Waals surface area contributed by atoms with Gasteiger partial charge in [-0.1, -0.05) is 15.9 Å². The molecule has 0 bridgehead atoms. The number of nitrogens with one attached hydrogen (secondary N) is 1. The predicted molar refractivity (Wildman–Crippen MR) is 89.7 cm³/mol. The van der Waals surface area contributed by atoms with Crippen LogP contribution < -0.4 is 4.90 Å². The van der Waals surface area contributed by atoms with Gasteiger partial charge in [-0.2, -0.15) is 5.10 Å². The van der Waals surface area contributed by atoms with E-state index in [1.54, 1.807) is 6.07 Å². The number of rotatable bonds is 3. The molecule has 0 radical (unpaired) electrons. The van der Waals surface area contributed by atoms with E-state index in [1.165, 1.54) is 11.8 Å². The van der Waals surface area contributed by atoms with Crippen LogP contribution in [0.1, 0.15) is 17.0 Å². The van der Waals surface area contributed by atoms with Gasteiger partial charge in [-0.25, -0.2) is 4.39 Å². The van der Waals surface area contributed by atoms with Crippen molar-refractivity contribution in [3.05, 3.63) is 45.4 Å². The number of aromatic nitrogens is 2. The molecule has 0 unspecified atom stereocenters. The molecule has 1 N–H and O–H groups in total. The Hall–Kier alpha value is -1.40. The monoisotopic (exact) mass is 366 g/mol. The van der Waals surface area contributed by atoms with Gasteiger partial charge in [0.2, 0.25) is 0 Å². The molecular formula is C16H20BrFN4. The molecular weight excluding hydrogens is 347 g/mol. The molecule has 118 valence electrons. The normalized spacial score (nSPS) is 16.3. The van der Waals surface area contributed by atoms with E-state index in [2.05, 4.69) is 42.9 Å². The number of nitrogens with zero attached hydrogens (tertiary/aromatic N) is 3. The average Bonchev–Trinajstić information content (AvgIpc) is 2.83. The lowest BCUT2D eigenvalue weighted by molar-refractivity contribution is 0.246. The minimum absolute atomic E-state index is 0.132. The zero-order chi connectivity index (χ0) is 15.7. The highest BCUT2D eigenvalue weighted by Gasteiger charge is 2.21. The molecule has 2 aromatic rings. The van der Waals surface area contributed by atoms with Crippen molar-refractivity contribution >= 4 is 21.6 Å². The minimum Gasteiger partial charge on any atom is -0.366 e. The first-order valence-electron chi connectivity index (χ1n) is 7.47. The second kappa shape index (κ2) is 6.38. The number of halogens is 2. The van der Waals surface area contributed by atoms with Crippen molar-refractivity contribution < 1.29 is 4.39 Å². The lowest BCUT2D eigenvalue weighted by atomic mass is 10.1. The topological polar surface area (TPSA) is 35.2 Å². The lowest BCUT2D eigenvalue weighted by Crippen LogP contribution is -2.46. The van der Waals surface area contributed by atoms with Gasteiger partial charge in [0.25, 0.3) is 0 Å². The first-order valence-corrected chi connectivity index (χ1v) is 8.26. The van der Waals surface area contributed by atoms with Crippen LogP contribution in [0.2, 0.25) is 0 Å². The molecule has 1 aliphatic heterocycles. The Morgan fingerprint density at radius 1 is 1.23 bits per heavy atom. The van der Waals surface area contributed by atoms with E-state index in [0.29, 0.717) is 6.54 Å². The van der Waals surface area contributed by atoms with Crippen LogP contribution in [0.15, 0.2) is 22.7 Å². The number of anilines is 1. The molecule has 2 heterocycles. The van der Waals surface area contributed by atoms with E-state index in [9.17, 15) is 4.39 Å². The maximum Gasteiger partial charge on any atom is 0.127 e. The lowest BCUT2D eigenvalue weighted by Gasteiger charge is -2.36. The van der Waals surface area contributed by atoms with Crippen molar-refractivity contribution in [3.8, 4) is 0 Å². The van der Waals surface area contributed by atoms with E-state index >= 15 is 0 Å². The van der Waals surface area contributed by atoms with Gasteiger partial charge in [0.1, 0.15) is 5.82 Å². The quantitative estimate of drug-likeness (QED) is 0.905. The van der Waals surface area contributed by atoms with Crippen LogP contribution in [0.3, 0.4) is 0 Å². The summed E-state index contributed by atoms with van der Waals surface area (Å²) in [5.41, 5.74) is 4.12. The Labute approximate surface area is 138 Å². The summed E-state index contributed by atoms with van der Waals surface area (Å²) in [7, 11) is 0. The van der Waals surface area contributed by atoms with Crippen molar-refractivity contribution in [1.29, 1.82) is 0 Å². The second-order valence-corrected chi connectivity index (χ2v) is 6.70. The Kier molecular flexibility index (Phi) is 4.49. The SMILES string of the molecule is Cc1n[nH]c(C)c1N1CCN(Cc2cc(Br)ccc2F)CC1. The molecule has 1 aliphatic rings. The Bertz CT molecular complexity index is 643. The summed E-state index contributed by atoms with van der Waals surface area (Å²) in [6.07, 6.45) is 0. The third-order valence-corrected chi connectivity index (χ3v) is 4.67. The maximum atomic E-state index is 13.9. The van der Waals surface area contributed by atoms with E-state index < -0.39 is 0 Å². The molecule has 3 rings (SSSR count). The van der Waals surface area contributed by atoms with E-state index in [0.717, 1.165) is 47.6 Å². The minimum atomic E-state index is -0.132. The van der Waals surface area contributed by atoms with Crippen LogP contribution in [-0.4, -0.2) is 41.3 Å². The predicted octanol–water partition coefficient (Wildman–Crippen LogP) is 3.25. The van der Waals surface area contributed by atoms with Crippen LogP contribution in [0.25, 0.3) is 0 Å². The molecule has 6 heteroatoms. The Morgan fingerprint density at radius 3 is 2.59 bits per heavy atom. The highest BCUT2D eigenvalue weighted by Crippen LogP contribution is 2.24. The number of H-pyrrole nitrogens is 1. The van der Waals surface area contributed by atoms with Gasteiger partial charge in [0, 0.05) is 42.8 Å². The standard InChI is InChI=1S/C16H20BrFN4/c1-11-16(12(2)20-19-11)22-7-5-21(6-8-22)10-13-9-14(17)3-4-15(13)18/h3-4,9H,5-8,10H2,1-2H3,(H,19,20). The fraction of sp³-hybridized carbons (Fsp3) is 0.438. The molecule has 1 aromatic heterocycles. The van der Waals surface area contributed by atoms with Gasteiger partial charge in [-0.15, -0.1) is 0 Å². The van der Waals surface area contributed by atoms with E-state index in [-0.39, 0.29) is 5.82 Å². The Balaban J connectivity index is 1.64. The third kappa shape index (κ3) is 3.17. The van der Waals surface area contributed by atoms with Crippen LogP contribution in [0.5, 0.6) is 0 Å². The summed E-state index contributed by atoms with van der Waals surface area (Å²) < 4.78 is 14.8. The summed E-state index contributed by atoms with van der Waals surface area (Å²) in [4.78, 5) is 4.66. The molecule has 1 saturated heterocycles. The molecule has 0 atom stereocenters. The molecule has 4 nitrogen and oxygen atoms in total. The molecule has 0 aliphatic carbocycles. The number of hydrogen-bond donors (Lipinski definition) is 1. The van der Waals surface area contributed by atoms with Gasteiger partial charge in [0.05, 0.1) is 17.1 Å². The summed E-state index contributed by atoms with van der Waals surface area (Å²) in [6.45, 7) is 8.48. The first kappa shape index (κ1) is 15.5. The average molecular weight is 367 g/mol. The number of aryl methyl sites for hydroxylation is 2. The molecule has 0 amide bonds. The van der Waals surface area contributed by atoms with Crippen molar-refractivity contribution in [3.63, 3.8) is 0 Å². The number of piperazine rings is 1. The van der Waals surface area contributed by atoms with Crippen molar-refractivity contribution in [1.82, 2.24) is 15.1 Å². The summed E-state index contributed by atoms with van der Waals surface area (Å²) in [5.74, 6) is -0.132. The van der Waals surface area contributed by atoms with Crippen molar-refractivity contribution in [2.24, 2.45) is 0 Å². The number of benzene rings is 1. The Morgan fingerprint density at radius 2 is 1.95 bits per heavy atom. The fourth-order valence-electron chi connectivity index (χ4n) is 3.05. The van der Waals surface area contributed by atoms with Crippen molar-refractivity contribution in [2.45, 2.75) is 20.4 Å². The van der Waals surface area contributed by atoms with Gasteiger partial charge in [0.15, 0.2) is 0 Å². The highest BCUT2D eigenvalue weighted by molar-refractivity contribution is 9.10. The largest absolute Gasteiger partial charge is 0.366 e. The zero-order valence-corrected chi connectivity index (χ0v) is 14.5. The van der Waals surface area contributed by atoms with Gasteiger partial charge in [-0.05, 0) is 32.0 Å². The van der Waals surface area contributed by atoms with E-state index in [4.69, 9.17) is 0 Å². The fourth-order valence-corrected chi connectivity index (χ4v) is 3.45. The molecule has 22 heavy (non-hydrogen) atoms. The maximum absolute atomic E-state index is 13.9. The second-order valence-electron chi connectivity index (χ2n) is 5.78. The number of hydrogen-bond acceptors (Lipinski definition) is 3. The molecule has 0 saturated carbocycles. The van der Waals surface area contributed by atoms with Gasteiger partial charge < -0.3 is 4.90 Å². The third-order valence-electron chi connectivity index (χ3n) is 4.18. The smallest absolute Gasteiger partial charge is 0.127 e. The molecule has 0 spiro atoms. The summed E-state index contributed by atoms with van der Waals surface area (Å²) >= 11 is 3.41. The van der Waals surface area contributed by atoms with Crippen LogP contribution >= 0.6 is 15.9 Å². The zero-order valence-electron chi connectivity index (χ0n) is 12.9. The van der Waals surface area contributed by atoms with Crippen LogP contribution in [0, 0.1) is 19.7 Å². The van der Waals surface area contributed by atoms with Gasteiger partial charge in [-0.3, -0.25) is 10.00 Å².